The predicted molar refractivity (Wildman–Crippen MR) is 138 cm³/mol. The molecule has 0 saturated carbocycles. The van der Waals surface area contributed by atoms with Crippen LogP contribution in [0.5, 0.6) is 5.75 Å². The zero-order chi connectivity index (χ0) is 25.2. The molecule has 9 heteroatoms. The molecule has 1 aliphatic rings. The van der Waals surface area contributed by atoms with Crippen molar-refractivity contribution in [2.24, 2.45) is 0 Å². The number of para-hydroxylation sites is 2. The Balaban J connectivity index is 1.62. The van der Waals surface area contributed by atoms with Crippen LogP contribution < -0.4 is 15.4 Å². The molecule has 2 heterocycles. The minimum Gasteiger partial charge on any atom is -0.495 e. The lowest BCUT2D eigenvalue weighted by atomic mass is 9.94. The minimum absolute atomic E-state index is 0.320. The quantitative estimate of drug-likeness (QED) is 0.383. The number of methoxy groups -OCH3 is 1. The molecule has 0 bridgehead atoms. The van der Waals surface area contributed by atoms with Gasteiger partial charge in [-0.05, 0) is 48.9 Å². The summed E-state index contributed by atoms with van der Waals surface area (Å²) < 4.78 is 7.07. The lowest BCUT2D eigenvalue weighted by Gasteiger charge is -2.28. The highest BCUT2D eigenvalue weighted by Crippen LogP contribution is 2.38. The molecular formula is C27H21ClN6O2. The maximum Gasteiger partial charge on any atom is 0.255 e. The van der Waals surface area contributed by atoms with Crippen molar-refractivity contribution >= 4 is 29.1 Å². The van der Waals surface area contributed by atoms with Gasteiger partial charge in [0, 0.05) is 11.3 Å². The average molecular weight is 497 g/mol. The lowest BCUT2D eigenvalue weighted by molar-refractivity contribution is -0.113. The minimum atomic E-state index is -0.604. The van der Waals surface area contributed by atoms with E-state index in [0.717, 1.165) is 5.56 Å². The monoisotopic (exact) mass is 496 g/mol. The number of rotatable bonds is 5. The second-order valence-electron chi connectivity index (χ2n) is 8.14. The Bertz CT molecular complexity index is 1530. The van der Waals surface area contributed by atoms with Gasteiger partial charge in [-0.15, -0.1) is 5.10 Å². The van der Waals surface area contributed by atoms with Crippen molar-refractivity contribution in [3.05, 3.63) is 100 Å². The molecule has 4 aromatic rings. The number of anilines is 2. The molecule has 5 rings (SSSR count). The molecule has 0 radical (unpaired) electrons. The number of allylic oxidation sites excluding steroid dienone is 1. The first kappa shape index (κ1) is 23.1. The van der Waals surface area contributed by atoms with Gasteiger partial charge in [0.15, 0.2) is 5.82 Å². The van der Waals surface area contributed by atoms with Crippen LogP contribution in [0.4, 0.5) is 11.6 Å². The molecule has 0 aliphatic carbocycles. The van der Waals surface area contributed by atoms with E-state index in [9.17, 15) is 10.1 Å². The highest BCUT2D eigenvalue weighted by molar-refractivity contribution is 6.33. The largest absolute Gasteiger partial charge is 0.495 e. The summed E-state index contributed by atoms with van der Waals surface area (Å²) in [5, 5.41) is 20.7. The third kappa shape index (κ3) is 4.17. The van der Waals surface area contributed by atoms with Crippen LogP contribution >= 0.6 is 11.6 Å². The summed E-state index contributed by atoms with van der Waals surface area (Å²) in [6.07, 6.45) is 0. The summed E-state index contributed by atoms with van der Waals surface area (Å²) in [4.78, 5) is 18.4. The Labute approximate surface area is 212 Å². The highest BCUT2D eigenvalue weighted by Gasteiger charge is 2.35. The van der Waals surface area contributed by atoms with Crippen LogP contribution in [0.25, 0.3) is 11.4 Å². The number of carbonyl (C=O) groups is 1. The molecule has 36 heavy (non-hydrogen) atoms. The van der Waals surface area contributed by atoms with Crippen molar-refractivity contribution in [1.82, 2.24) is 14.8 Å². The molecule has 178 valence electrons. The van der Waals surface area contributed by atoms with Crippen molar-refractivity contribution in [2.75, 3.05) is 17.7 Å². The van der Waals surface area contributed by atoms with Crippen molar-refractivity contribution in [1.29, 1.82) is 5.26 Å². The third-order valence-corrected chi connectivity index (χ3v) is 6.25. The van der Waals surface area contributed by atoms with Gasteiger partial charge in [0.2, 0.25) is 5.95 Å². The van der Waals surface area contributed by atoms with Gasteiger partial charge >= 0.3 is 0 Å². The van der Waals surface area contributed by atoms with Crippen LogP contribution in [0.15, 0.2) is 84.1 Å². The standard InChI is InChI=1S/C27H21ClN6O2/c1-16-23(26(35)31-21-9-5-6-10-22(21)36-2)24(18-13-11-17(15-29)12-14-18)34-27(30-16)32-25(33-34)19-7-3-4-8-20(19)28/h3-14,24H,1-2H3,(H,31,35)(H,30,32,33). The first-order valence-electron chi connectivity index (χ1n) is 11.1. The third-order valence-electron chi connectivity index (χ3n) is 5.92. The Morgan fingerprint density at radius 2 is 1.83 bits per heavy atom. The maximum atomic E-state index is 13.7. The van der Waals surface area contributed by atoms with E-state index in [-0.39, 0.29) is 5.91 Å². The summed E-state index contributed by atoms with van der Waals surface area (Å²) in [6, 6.07) is 23.1. The van der Waals surface area contributed by atoms with E-state index < -0.39 is 6.04 Å². The van der Waals surface area contributed by atoms with Crippen LogP contribution in [0.2, 0.25) is 5.02 Å². The number of nitrogens with one attached hydrogen (secondary N) is 2. The second kappa shape index (κ2) is 9.56. The first-order chi connectivity index (χ1) is 17.5. The number of nitrogens with zero attached hydrogens (tertiary/aromatic N) is 4. The summed E-state index contributed by atoms with van der Waals surface area (Å²) in [6.45, 7) is 1.82. The number of ether oxygens (including phenoxy) is 1. The van der Waals surface area contributed by atoms with Crippen LogP contribution in [0.3, 0.4) is 0 Å². The van der Waals surface area contributed by atoms with Crippen molar-refractivity contribution in [3.8, 4) is 23.2 Å². The second-order valence-corrected chi connectivity index (χ2v) is 8.55. The van der Waals surface area contributed by atoms with Gasteiger partial charge in [-0.1, -0.05) is 48.0 Å². The number of aromatic nitrogens is 3. The summed E-state index contributed by atoms with van der Waals surface area (Å²) in [5.74, 6) is 1.14. The van der Waals surface area contributed by atoms with E-state index in [4.69, 9.17) is 21.4 Å². The first-order valence-corrected chi connectivity index (χ1v) is 11.5. The van der Waals surface area contributed by atoms with Crippen LogP contribution in [-0.2, 0) is 4.79 Å². The van der Waals surface area contributed by atoms with Gasteiger partial charge < -0.3 is 15.4 Å². The SMILES string of the molecule is COc1ccccc1NC(=O)C1=C(C)Nc2nc(-c3ccccc3Cl)nn2C1c1ccc(C#N)cc1. The number of amides is 1. The molecule has 0 fully saturated rings. The highest BCUT2D eigenvalue weighted by atomic mass is 35.5. The fourth-order valence-electron chi connectivity index (χ4n) is 4.19. The van der Waals surface area contributed by atoms with E-state index in [2.05, 4.69) is 21.7 Å². The fourth-order valence-corrected chi connectivity index (χ4v) is 4.41. The molecule has 1 aromatic heterocycles. The van der Waals surface area contributed by atoms with Gasteiger partial charge in [0.05, 0.1) is 35.0 Å². The molecule has 1 atom stereocenters. The molecule has 1 amide bonds. The molecule has 1 aliphatic heterocycles. The molecule has 0 saturated heterocycles. The van der Waals surface area contributed by atoms with E-state index in [1.807, 2.05) is 49.4 Å². The topological polar surface area (TPSA) is 105 Å². The van der Waals surface area contributed by atoms with E-state index in [1.54, 1.807) is 42.1 Å². The summed E-state index contributed by atoms with van der Waals surface area (Å²) >= 11 is 6.41. The number of nitriles is 1. The van der Waals surface area contributed by atoms with Crippen molar-refractivity contribution in [3.63, 3.8) is 0 Å². The van der Waals surface area contributed by atoms with Crippen molar-refractivity contribution in [2.45, 2.75) is 13.0 Å². The van der Waals surface area contributed by atoms with Gasteiger partial charge in [0.25, 0.3) is 5.91 Å². The smallest absolute Gasteiger partial charge is 0.255 e. The molecule has 0 spiro atoms. The van der Waals surface area contributed by atoms with Crippen LogP contribution in [0.1, 0.15) is 24.1 Å². The Morgan fingerprint density at radius 3 is 2.56 bits per heavy atom. The number of hydrogen-bond donors (Lipinski definition) is 2. The molecule has 8 nitrogen and oxygen atoms in total. The van der Waals surface area contributed by atoms with E-state index in [1.165, 1.54) is 0 Å². The normalized spacial score (nSPS) is 14.4. The predicted octanol–water partition coefficient (Wildman–Crippen LogP) is 5.41. The lowest BCUT2D eigenvalue weighted by Crippen LogP contribution is -2.31. The van der Waals surface area contributed by atoms with Crippen LogP contribution in [0, 0.1) is 11.3 Å². The zero-order valence-corrected chi connectivity index (χ0v) is 20.2. The summed E-state index contributed by atoms with van der Waals surface area (Å²) in [7, 11) is 1.55. The van der Waals surface area contributed by atoms with E-state index in [0.29, 0.717) is 50.6 Å². The maximum absolute atomic E-state index is 13.7. The summed E-state index contributed by atoms with van der Waals surface area (Å²) in [5.41, 5.74) is 3.60. The number of carbonyl (C=O) groups excluding carboxylic acids is 1. The van der Waals surface area contributed by atoms with Crippen molar-refractivity contribution < 1.29 is 9.53 Å². The van der Waals surface area contributed by atoms with Gasteiger partial charge in [0.1, 0.15) is 11.8 Å². The number of benzene rings is 3. The number of fused-ring (bicyclic) bond motifs is 1. The zero-order valence-electron chi connectivity index (χ0n) is 19.5. The number of halogens is 1. The molecule has 3 aromatic carbocycles. The van der Waals surface area contributed by atoms with Gasteiger partial charge in [-0.25, -0.2) is 4.68 Å². The molecule has 1 unspecified atom stereocenters. The molecule has 2 N–H and O–H groups in total. The fraction of sp³-hybridized carbons (Fsp3) is 0.111. The Hall–Kier alpha value is -4.61. The Morgan fingerprint density at radius 1 is 1.11 bits per heavy atom. The average Bonchev–Trinajstić information content (AvgIpc) is 3.31. The molecular weight excluding hydrogens is 476 g/mol. The van der Waals surface area contributed by atoms with Gasteiger partial charge in [-0.3, -0.25) is 4.79 Å². The van der Waals surface area contributed by atoms with Gasteiger partial charge in [-0.2, -0.15) is 10.2 Å². The van der Waals surface area contributed by atoms with Crippen LogP contribution in [-0.4, -0.2) is 27.8 Å². The van der Waals surface area contributed by atoms with E-state index >= 15 is 0 Å². The Kier molecular flexibility index (Phi) is 6.15. The number of hydrogen-bond acceptors (Lipinski definition) is 6.